The molecule has 1 aliphatic heterocycles. The van der Waals surface area contributed by atoms with Crippen molar-refractivity contribution in [3.05, 3.63) is 48.2 Å². The third kappa shape index (κ3) is 2.71. The highest BCUT2D eigenvalue weighted by Crippen LogP contribution is 2.59. The van der Waals surface area contributed by atoms with Crippen molar-refractivity contribution in [1.82, 2.24) is 9.47 Å². The summed E-state index contributed by atoms with van der Waals surface area (Å²) in [6, 6.07) is 14.0. The summed E-state index contributed by atoms with van der Waals surface area (Å²) in [5.41, 5.74) is 2.92. The minimum atomic E-state index is -0.0975. The average molecular weight is 352 g/mol. The number of hydrogen-bond donors (Lipinski definition) is 0. The highest BCUT2D eigenvalue weighted by molar-refractivity contribution is 5.94. The van der Waals surface area contributed by atoms with Crippen LogP contribution < -0.4 is 0 Å². The van der Waals surface area contributed by atoms with E-state index in [0.717, 1.165) is 30.5 Å². The molecule has 2 aromatic rings. The van der Waals surface area contributed by atoms with Crippen LogP contribution in [0.3, 0.4) is 0 Å². The van der Waals surface area contributed by atoms with Gasteiger partial charge in [-0.15, -0.1) is 0 Å². The Balaban J connectivity index is 1.45. The lowest BCUT2D eigenvalue weighted by Gasteiger charge is -2.32. The van der Waals surface area contributed by atoms with Crippen LogP contribution in [0.2, 0.25) is 0 Å². The molecule has 1 saturated heterocycles. The van der Waals surface area contributed by atoms with E-state index in [2.05, 4.69) is 0 Å². The first-order valence-electron chi connectivity index (χ1n) is 9.14. The van der Waals surface area contributed by atoms with Gasteiger partial charge in [0, 0.05) is 25.8 Å². The molecule has 0 N–H and O–H groups in total. The SMILES string of the molecule is COC(=O)C1CC12CCN(C(=O)c1ccc(-c3ccccc3)n1C)CC2. The number of ether oxygens (including phenoxy) is 1. The maximum absolute atomic E-state index is 13.0. The third-order valence-corrected chi connectivity index (χ3v) is 6.13. The molecule has 1 atom stereocenters. The molecule has 1 aromatic heterocycles. The van der Waals surface area contributed by atoms with E-state index in [4.69, 9.17) is 4.74 Å². The first-order valence-corrected chi connectivity index (χ1v) is 9.14. The van der Waals surface area contributed by atoms with Gasteiger partial charge in [-0.2, -0.15) is 0 Å². The normalized spacial score (nSPS) is 20.8. The molecule has 2 fully saturated rings. The second-order valence-electron chi connectivity index (χ2n) is 7.46. The van der Waals surface area contributed by atoms with Gasteiger partial charge < -0.3 is 14.2 Å². The molecule has 0 bridgehead atoms. The van der Waals surface area contributed by atoms with Crippen molar-refractivity contribution in [3.63, 3.8) is 0 Å². The molecular formula is C21H24N2O3. The van der Waals surface area contributed by atoms with Crippen LogP contribution in [0.5, 0.6) is 0 Å². The third-order valence-electron chi connectivity index (χ3n) is 6.13. The van der Waals surface area contributed by atoms with Crippen molar-refractivity contribution in [2.75, 3.05) is 20.2 Å². The zero-order valence-electron chi connectivity index (χ0n) is 15.3. The largest absolute Gasteiger partial charge is 0.469 e. The minimum absolute atomic E-state index is 0.0319. The van der Waals surface area contributed by atoms with Crippen LogP contribution in [0.25, 0.3) is 11.3 Å². The summed E-state index contributed by atoms with van der Waals surface area (Å²) in [5.74, 6) is 0.00369. The summed E-state index contributed by atoms with van der Waals surface area (Å²) in [6.45, 7) is 1.41. The lowest BCUT2D eigenvalue weighted by atomic mass is 9.90. The van der Waals surface area contributed by atoms with Gasteiger partial charge in [0.1, 0.15) is 5.69 Å². The molecule has 1 amide bonds. The second kappa shape index (κ2) is 6.31. The van der Waals surface area contributed by atoms with E-state index in [0.29, 0.717) is 18.8 Å². The Morgan fingerprint density at radius 3 is 2.42 bits per heavy atom. The molecule has 2 heterocycles. The number of piperidine rings is 1. The maximum atomic E-state index is 13.0. The molecule has 1 aliphatic carbocycles. The van der Waals surface area contributed by atoms with Crippen molar-refractivity contribution in [3.8, 4) is 11.3 Å². The van der Waals surface area contributed by atoms with Crippen molar-refractivity contribution in [1.29, 1.82) is 0 Å². The molecular weight excluding hydrogens is 328 g/mol. The van der Waals surface area contributed by atoms with E-state index in [1.54, 1.807) is 0 Å². The fraction of sp³-hybridized carbons (Fsp3) is 0.429. The summed E-state index contributed by atoms with van der Waals surface area (Å²) in [6.07, 6.45) is 2.67. The van der Waals surface area contributed by atoms with E-state index in [1.807, 2.05) is 59.0 Å². The smallest absolute Gasteiger partial charge is 0.309 e. The molecule has 136 valence electrons. The number of rotatable bonds is 3. The van der Waals surface area contributed by atoms with Gasteiger partial charge in [0.05, 0.1) is 13.0 Å². The molecule has 0 radical (unpaired) electrons. The number of aromatic nitrogens is 1. The van der Waals surface area contributed by atoms with Crippen LogP contribution in [-0.2, 0) is 16.6 Å². The van der Waals surface area contributed by atoms with Gasteiger partial charge in [-0.05, 0) is 42.4 Å². The van der Waals surface area contributed by atoms with Crippen LogP contribution in [0, 0.1) is 11.3 Å². The van der Waals surface area contributed by atoms with Gasteiger partial charge in [0.15, 0.2) is 0 Å². The minimum Gasteiger partial charge on any atom is -0.469 e. The predicted molar refractivity (Wildman–Crippen MR) is 98.5 cm³/mol. The van der Waals surface area contributed by atoms with E-state index in [-0.39, 0.29) is 23.2 Å². The quantitative estimate of drug-likeness (QED) is 0.798. The number of methoxy groups -OCH3 is 1. The number of esters is 1. The molecule has 26 heavy (non-hydrogen) atoms. The highest BCUT2D eigenvalue weighted by Gasteiger charge is 2.59. The lowest BCUT2D eigenvalue weighted by Crippen LogP contribution is -2.40. The van der Waals surface area contributed by atoms with Gasteiger partial charge in [-0.3, -0.25) is 9.59 Å². The molecule has 1 aromatic carbocycles. The van der Waals surface area contributed by atoms with Crippen LogP contribution in [0.4, 0.5) is 0 Å². The Hall–Kier alpha value is -2.56. The number of amides is 1. The molecule has 1 saturated carbocycles. The highest BCUT2D eigenvalue weighted by atomic mass is 16.5. The van der Waals surface area contributed by atoms with Gasteiger partial charge >= 0.3 is 5.97 Å². The molecule has 5 nitrogen and oxygen atoms in total. The monoisotopic (exact) mass is 352 g/mol. The fourth-order valence-corrected chi connectivity index (χ4v) is 4.32. The van der Waals surface area contributed by atoms with Gasteiger partial charge in [0.25, 0.3) is 5.91 Å². The summed E-state index contributed by atoms with van der Waals surface area (Å²) in [7, 11) is 3.39. The second-order valence-corrected chi connectivity index (χ2v) is 7.46. The number of benzene rings is 1. The van der Waals surface area contributed by atoms with E-state index in [9.17, 15) is 9.59 Å². The summed E-state index contributed by atoms with van der Waals surface area (Å²) >= 11 is 0. The summed E-state index contributed by atoms with van der Waals surface area (Å²) in [4.78, 5) is 26.7. The Kier molecular flexibility index (Phi) is 4.10. The molecule has 4 rings (SSSR count). The van der Waals surface area contributed by atoms with E-state index < -0.39 is 0 Å². The van der Waals surface area contributed by atoms with E-state index >= 15 is 0 Å². The number of hydrogen-bond acceptors (Lipinski definition) is 3. The van der Waals surface area contributed by atoms with Crippen LogP contribution >= 0.6 is 0 Å². The van der Waals surface area contributed by atoms with Gasteiger partial charge in [-0.25, -0.2) is 0 Å². The van der Waals surface area contributed by atoms with Crippen molar-refractivity contribution < 1.29 is 14.3 Å². The standard InChI is InChI=1S/C21H24N2O3/c1-22-17(15-6-4-3-5-7-15)8-9-18(22)19(24)23-12-10-21(11-13-23)14-16(21)20(25)26-2/h3-9,16H,10-14H2,1-2H3. The topological polar surface area (TPSA) is 51.5 Å². The van der Waals surface area contributed by atoms with Gasteiger partial charge in [0.2, 0.25) is 0 Å². The Morgan fingerprint density at radius 1 is 1.08 bits per heavy atom. The first-order chi connectivity index (χ1) is 12.6. The van der Waals surface area contributed by atoms with Crippen molar-refractivity contribution >= 4 is 11.9 Å². The summed E-state index contributed by atoms with van der Waals surface area (Å²) < 4.78 is 6.85. The molecule has 1 unspecified atom stereocenters. The van der Waals surface area contributed by atoms with Gasteiger partial charge in [-0.1, -0.05) is 30.3 Å². The van der Waals surface area contributed by atoms with Crippen LogP contribution in [0.1, 0.15) is 29.8 Å². The first kappa shape index (κ1) is 16.9. The van der Waals surface area contributed by atoms with E-state index in [1.165, 1.54) is 7.11 Å². The Labute approximate surface area is 153 Å². The number of carbonyl (C=O) groups excluding carboxylic acids is 2. The summed E-state index contributed by atoms with van der Waals surface area (Å²) in [5, 5.41) is 0. The molecule has 5 heteroatoms. The fourth-order valence-electron chi connectivity index (χ4n) is 4.32. The van der Waals surface area contributed by atoms with Crippen LogP contribution in [0.15, 0.2) is 42.5 Å². The predicted octanol–water partition coefficient (Wildman–Crippen LogP) is 3.11. The Morgan fingerprint density at radius 2 is 1.77 bits per heavy atom. The average Bonchev–Trinajstić information content (AvgIpc) is 3.24. The van der Waals surface area contributed by atoms with Crippen molar-refractivity contribution in [2.24, 2.45) is 18.4 Å². The maximum Gasteiger partial charge on any atom is 0.309 e. The molecule has 2 aliphatic rings. The number of likely N-dealkylation sites (tertiary alicyclic amines) is 1. The Bertz CT molecular complexity index is 832. The van der Waals surface area contributed by atoms with Crippen molar-refractivity contribution in [2.45, 2.75) is 19.3 Å². The molecule has 1 spiro atoms. The lowest BCUT2D eigenvalue weighted by molar-refractivity contribution is -0.143. The number of nitrogens with zero attached hydrogens (tertiary/aromatic N) is 2. The zero-order chi connectivity index (χ0) is 18.3. The van der Waals surface area contributed by atoms with Crippen LogP contribution in [-0.4, -0.2) is 41.5 Å². The number of carbonyl (C=O) groups is 2. The zero-order valence-corrected chi connectivity index (χ0v) is 15.3.